The van der Waals surface area contributed by atoms with E-state index in [1.165, 1.54) is 0 Å². The quantitative estimate of drug-likeness (QED) is 0.250. The number of aryl methyl sites for hydroxylation is 3. The fourth-order valence-electron chi connectivity index (χ4n) is 4.85. The van der Waals surface area contributed by atoms with Gasteiger partial charge in [0.25, 0.3) is 0 Å². The largest absolute Gasteiger partial charge is 0.337 e. The zero-order valence-corrected chi connectivity index (χ0v) is 21.0. The number of hydrogen-bond acceptors (Lipinski definition) is 3. The topological polar surface area (TPSA) is 43.6 Å². The van der Waals surface area contributed by atoms with Crippen molar-refractivity contribution < 1.29 is 0 Å². The normalized spacial score (nSPS) is 13.2. The minimum atomic E-state index is -0.514. The number of hydrogen-bond donors (Lipinski definition) is 0. The Hall–Kier alpha value is -3.21. The van der Waals surface area contributed by atoms with E-state index >= 15 is 0 Å². The SMILES string of the molecule is Cc1ccc(C(C)(c2ccc3nc(Cl)c(-c4ccccc4)c(Cl)c3c2)c2cncn2C)c(C)n1. The summed E-state index contributed by atoms with van der Waals surface area (Å²) in [6, 6.07) is 20.3. The van der Waals surface area contributed by atoms with Crippen LogP contribution in [0.1, 0.15) is 35.1 Å². The highest BCUT2D eigenvalue weighted by Crippen LogP contribution is 2.43. The van der Waals surface area contributed by atoms with Gasteiger partial charge in [0.1, 0.15) is 5.15 Å². The van der Waals surface area contributed by atoms with Gasteiger partial charge in [0.05, 0.1) is 28.0 Å². The van der Waals surface area contributed by atoms with E-state index in [9.17, 15) is 0 Å². The highest BCUT2D eigenvalue weighted by Gasteiger charge is 2.36. The average molecular weight is 487 g/mol. The number of aromatic nitrogens is 4. The van der Waals surface area contributed by atoms with Crippen molar-refractivity contribution in [3.05, 3.63) is 112 Å². The highest BCUT2D eigenvalue weighted by molar-refractivity contribution is 6.42. The van der Waals surface area contributed by atoms with Crippen LogP contribution in [0.5, 0.6) is 0 Å². The molecule has 3 heterocycles. The summed E-state index contributed by atoms with van der Waals surface area (Å²) in [7, 11) is 2.01. The lowest BCUT2D eigenvalue weighted by Gasteiger charge is -2.32. The summed E-state index contributed by atoms with van der Waals surface area (Å²) in [4.78, 5) is 13.9. The van der Waals surface area contributed by atoms with Crippen LogP contribution in [0.2, 0.25) is 10.2 Å². The number of nitrogens with zero attached hydrogens (tertiary/aromatic N) is 4. The Kier molecular flexibility index (Phi) is 5.67. The number of imidazole rings is 1. The van der Waals surface area contributed by atoms with Crippen molar-refractivity contribution in [1.82, 2.24) is 19.5 Å². The van der Waals surface area contributed by atoms with Crippen molar-refractivity contribution >= 4 is 34.1 Å². The maximum absolute atomic E-state index is 7.00. The van der Waals surface area contributed by atoms with Gasteiger partial charge in [-0.15, -0.1) is 0 Å². The Morgan fingerprint density at radius 2 is 1.68 bits per heavy atom. The lowest BCUT2D eigenvalue weighted by atomic mass is 9.72. The number of halogens is 2. The fourth-order valence-corrected chi connectivity index (χ4v) is 5.55. The van der Waals surface area contributed by atoms with Gasteiger partial charge in [-0.3, -0.25) is 4.98 Å². The summed E-state index contributed by atoms with van der Waals surface area (Å²) in [5, 5.41) is 1.84. The van der Waals surface area contributed by atoms with E-state index in [0.29, 0.717) is 10.2 Å². The molecule has 0 aliphatic rings. The van der Waals surface area contributed by atoms with Crippen LogP contribution >= 0.6 is 23.2 Å². The van der Waals surface area contributed by atoms with Gasteiger partial charge in [0.2, 0.25) is 0 Å². The van der Waals surface area contributed by atoms with Gasteiger partial charge in [-0.05, 0) is 55.7 Å². The molecule has 0 N–H and O–H groups in total. The molecule has 1 atom stereocenters. The molecule has 0 amide bonds. The monoisotopic (exact) mass is 486 g/mol. The molecule has 6 heteroatoms. The van der Waals surface area contributed by atoms with E-state index < -0.39 is 5.41 Å². The van der Waals surface area contributed by atoms with Gasteiger partial charge in [0.15, 0.2) is 0 Å². The summed E-state index contributed by atoms with van der Waals surface area (Å²) in [5.41, 5.74) is 7.13. The van der Waals surface area contributed by atoms with E-state index in [0.717, 1.165) is 50.2 Å². The van der Waals surface area contributed by atoms with Crippen LogP contribution in [-0.4, -0.2) is 19.5 Å². The molecule has 0 radical (unpaired) electrons. The van der Waals surface area contributed by atoms with Crippen molar-refractivity contribution in [3.63, 3.8) is 0 Å². The smallest absolute Gasteiger partial charge is 0.139 e. The molecule has 0 fully saturated rings. The van der Waals surface area contributed by atoms with Crippen LogP contribution in [0.25, 0.3) is 22.0 Å². The summed E-state index contributed by atoms with van der Waals surface area (Å²) < 4.78 is 2.06. The minimum absolute atomic E-state index is 0.393. The van der Waals surface area contributed by atoms with Gasteiger partial charge in [-0.2, -0.15) is 0 Å². The van der Waals surface area contributed by atoms with Crippen molar-refractivity contribution in [2.24, 2.45) is 7.05 Å². The predicted octanol–water partition coefficient (Wildman–Crippen LogP) is 7.31. The molecule has 0 bridgehead atoms. The molecule has 0 saturated heterocycles. The first kappa shape index (κ1) is 22.6. The van der Waals surface area contributed by atoms with Gasteiger partial charge >= 0.3 is 0 Å². The van der Waals surface area contributed by atoms with Gasteiger partial charge in [-0.1, -0.05) is 65.7 Å². The van der Waals surface area contributed by atoms with Gasteiger partial charge in [0, 0.05) is 35.6 Å². The van der Waals surface area contributed by atoms with Gasteiger partial charge in [-0.25, -0.2) is 9.97 Å². The Balaban J connectivity index is 1.80. The number of benzene rings is 2. The molecule has 0 spiro atoms. The van der Waals surface area contributed by atoms with Crippen molar-refractivity contribution in [2.45, 2.75) is 26.2 Å². The van der Waals surface area contributed by atoms with Crippen molar-refractivity contribution in [2.75, 3.05) is 0 Å². The van der Waals surface area contributed by atoms with Crippen molar-refractivity contribution in [3.8, 4) is 11.1 Å². The van der Waals surface area contributed by atoms with E-state index in [-0.39, 0.29) is 0 Å². The maximum atomic E-state index is 7.00. The third kappa shape index (κ3) is 3.58. The summed E-state index contributed by atoms with van der Waals surface area (Å²) in [6.07, 6.45) is 3.74. The summed E-state index contributed by atoms with van der Waals surface area (Å²) in [5.74, 6) is 0. The first-order chi connectivity index (χ1) is 16.3. The van der Waals surface area contributed by atoms with Crippen LogP contribution in [-0.2, 0) is 12.5 Å². The molecule has 5 rings (SSSR count). The standard InChI is InChI=1S/C28H24Cl2N4/c1-17-10-12-22(18(2)32-17)28(3,24-15-31-16-34(24)4)20-11-13-23-21(14-20)26(29)25(27(30)33-23)19-8-6-5-7-9-19/h5-16H,1-4H3. The molecule has 5 aromatic rings. The zero-order valence-electron chi connectivity index (χ0n) is 19.5. The molecule has 0 saturated carbocycles. The van der Waals surface area contributed by atoms with Crippen LogP contribution in [0.4, 0.5) is 0 Å². The minimum Gasteiger partial charge on any atom is -0.337 e. The fraction of sp³-hybridized carbons (Fsp3) is 0.179. The van der Waals surface area contributed by atoms with Crippen LogP contribution in [0.15, 0.2) is 73.2 Å². The van der Waals surface area contributed by atoms with E-state index in [1.54, 1.807) is 0 Å². The average Bonchev–Trinajstić information content (AvgIpc) is 3.25. The Morgan fingerprint density at radius 3 is 2.35 bits per heavy atom. The number of rotatable bonds is 4. The Bertz CT molecular complexity index is 1530. The molecule has 170 valence electrons. The molecule has 1 unspecified atom stereocenters. The molecule has 0 aliphatic carbocycles. The summed E-state index contributed by atoms with van der Waals surface area (Å²) >= 11 is 13.6. The number of fused-ring (bicyclic) bond motifs is 1. The van der Waals surface area contributed by atoms with E-state index in [1.807, 2.05) is 62.9 Å². The lowest BCUT2D eigenvalue weighted by molar-refractivity contribution is 0.619. The second-order valence-electron chi connectivity index (χ2n) is 8.79. The number of pyridine rings is 2. The van der Waals surface area contributed by atoms with Gasteiger partial charge < -0.3 is 4.57 Å². The molecule has 4 nitrogen and oxygen atoms in total. The Morgan fingerprint density at radius 1 is 0.912 bits per heavy atom. The molecule has 0 aliphatic heterocycles. The third-order valence-electron chi connectivity index (χ3n) is 6.61. The van der Waals surface area contributed by atoms with Crippen LogP contribution in [0, 0.1) is 13.8 Å². The Labute approximate surface area is 209 Å². The molecule has 2 aromatic carbocycles. The molecular formula is C28H24Cl2N4. The molecule has 34 heavy (non-hydrogen) atoms. The maximum Gasteiger partial charge on any atom is 0.139 e. The second-order valence-corrected chi connectivity index (χ2v) is 9.53. The first-order valence-corrected chi connectivity index (χ1v) is 11.8. The van der Waals surface area contributed by atoms with E-state index in [2.05, 4.69) is 52.6 Å². The van der Waals surface area contributed by atoms with Crippen LogP contribution in [0.3, 0.4) is 0 Å². The molecular weight excluding hydrogens is 463 g/mol. The second kappa shape index (κ2) is 8.53. The predicted molar refractivity (Wildman–Crippen MR) is 140 cm³/mol. The first-order valence-electron chi connectivity index (χ1n) is 11.1. The zero-order chi connectivity index (χ0) is 24.0. The molecule has 3 aromatic heterocycles. The summed E-state index contributed by atoms with van der Waals surface area (Å²) in [6.45, 7) is 6.27. The third-order valence-corrected chi connectivity index (χ3v) is 7.28. The van der Waals surface area contributed by atoms with Crippen LogP contribution < -0.4 is 0 Å². The highest BCUT2D eigenvalue weighted by atomic mass is 35.5. The van der Waals surface area contributed by atoms with E-state index in [4.69, 9.17) is 28.2 Å². The lowest BCUT2D eigenvalue weighted by Crippen LogP contribution is -2.29. The van der Waals surface area contributed by atoms with Crippen molar-refractivity contribution in [1.29, 1.82) is 0 Å².